The van der Waals surface area contributed by atoms with Crippen LogP contribution in [0, 0.1) is 0 Å². The molecule has 1 amide bonds. The van der Waals surface area contributed by atoms with Gasteiger partial charge in [-0.1, -0.05) is 11.6 Å². The topological polar surface area (TPSA) is 53.0 Å². The van der Waals surface area contributed by atoms with Gasteiger partial charge in [0.25, 0.3) is 0 Å². The average Bonchev–Trinajstić information content (AvgIpc) is 2.91. The second-order valence-electron chi connectivity index (χ2n) is 8.80. The molecule has 0 aromatic heterocycles. The van der Waals surface area contributed by atoms with Crippen molar-refractivity contribution in [1.82, 2.24) is 4.90 Å². The van der Waals surface area contributed by atoms with Crippen LogP contribution in [0.3, 0.4) is 0 Å². The van der Waals surface area contributed by atoms with Gasteiger partial charge >= 0.3 is 6.09 Å². The summed E-state index contributed by atoms with van der Waals surface area (Å²) in [6.07, 6.45) is 2.36. The third-order valence-electron chi connectivity index (χ3n) is 5.36. The highest BCUT2D eigenvalue weighted by Gasteiger charge is 2.48. The summed E-state index contributed by atoms with van der Waals surface area (Å²) < 4.78 is 6.57. The third kappa shape index (κ3) is 4.22. The van der Waals surface area contributed by atoms with E-state index in [1.54, 1.807) is 4.90 Å². The Bertz CT molecular complexity index is 737. The molecular weight excluding hydrogens is 432 g/mol. The Morgan fingerprint density at radius 1 is 1.44 bits per heavy atom. The Labute approximate surface area is 174 Å². The van der Waals surface area contributed by atoms with Gasteiger partial charge in [-0.05, 0) is 80.6 Å². The van der Waals surface area contributed by atoms with Crippen molar-refractivity contribution in [3.8, 4) is 0 Å². The van der Waals surface area contributed by atoms with Crippen LogP contribution >= 0.6 is 27.5 Å². The van der Waals surface area contributed by atoms with Crippen molar-refractivity contribution in [3.63, 3.8) is 0 Å². The summed E-state index contributed by atoms with van der Waals surface area (Å²) >= 11 is 9.90. The molecule has 2 atom stereocenters. The van der Waals surface area contributed by atoms with Gasteiger partial charge in [0, 0.05) is 28.6 Å². The molecule has 2 aliphatic rings. The van der Waals surface area contributed by atoms with E-state index in [2.05, 4.69) is 20.8 Å². The minimum absolute atomic E-state index is 0.0920. The van der Waals surface area contributed by atoms with Gasteiger partial charge in [0.2, 0.25) is 0 Å². The van der Waals surface area contributed by atoms with Gasteiger partial charge in [0.15, 0.2) is 0 Å². The molecule has 0 spiro atoms. The van der Waals surface area contributed by atoms with Gasteiger partial charge in [0.1, 0.15) is 5.60 Å². The second-order valence-corrected chi connectivity index (χ2v) is 10.1. The van der Waals surface area contributed by atoms with E-state index in [1.165, 1.54) is 5.56 Å². The lowest BCUT2D eigenvalue weighted by Gasteiger charge is -2.37. The maximum Gasteiger partial charge on any atom is 0.410 e. The number of aryl methyl sites for hydroxylation is 1. The molecule has 5 nitrogen and oxygen atoms in total. The van der Waals surface area contributed by atoms with Gasteiger partial charge in [0.05, 0.1) is 17.8 Å². The third-order valence-corrected chi connectivity index (χ3v) is 6.18. The summed E-state index contributed by atoms with van der Waals surface area (Å²) in [5, 5.41) is 10.8. The first-order valence-electron chi connectivity index (χ1n) is 9.40. The molecule has 0 aliphatic carbocycles. The Kier molecular flexibility index (Phi) is 5.72. The van der Waals surface area contributed by atoms with Crippen LogP contribution in [0.4, 0.5) is 10.5 Å². The maximum absolute atomic E-state index is 12.8. The standard InChI is InChI=1S/C20H28BrClN2O3/c1-19(2,3)27-18(26)24-11-15(10-20(24,4)12-25)23-7-5-6-13-8-14(22)9-16(21)17(13)23/h8-9,15,25H,5-7,10-12H2,1-4H3/t15-,20-/m0/s1. The van der Waals surface area contributed by atoms with E-state index in [4.69, 9.17) is 16.3 Å². The highest BCUT2D eigenvalue weighted by atomic mass is 79.9. The van der Waals surface area contributed by atoms with Crippen molar-refractivity contribution in [2.75, 3.05) is 24.6 Å². The Morgan fingerprint density at radius 3 is 2.78 bits per heavy atom. The molecule has 1 saturated heterocycles. The van der Waals surface area contributed by atoms with Gasteiger partial charge in [-0.15, -0.1) is 0 Å². The fourth-order valence-corrected chi connectivity index (χ4v) is 5.23. The Hall–Kier alpha value is -0.980. The summed E-state index contributed by atoms with van der Waals surface area (Å²) in [5.74, 6) is 0. The van der Waals surface area contributed by atoms with Gasteiger partial charge in [-0.2, -0.15) is 0 Å². The summed E-state index contributed by atoms with van der Waals surface area (Å²) in [6.45, 7) is 8.86. The summed E-state index contributed by atoms with van der Waals surface area (Å²) in [5.41, 5.74) is 1.18. The van der Waals surface area contributed by atoms with E-state index in [1.807, 2.05) is 39.8 Å². The molecule has 2 aliphatic heterocycles. The van der Waals surface area contributed by atoms with Crippen molar-refractivity contribution in [2.24, 2.45) is 0 Å². The number of nitrogens with zero attached hydrogens (tertiary/aromatic N) is 2. The number of ether oxygens (including phenoxy) is 1. The zero-order chi connectivity index (χ0) is 20.0. The predicted molar refractivity (Wildman–Crippen MR) is 112 cm³/mol. The van der Waals surface area contributed by atoms with Crippen LogP contribution in [0.1, 0.15) is 46.1 Å². The van der Waals surface area contributed by atoms with Gasteiger partial charge in [-0.25, -0.2) is 4.79 Å². The molecule has 27 heavy (non-hydrogen) atoms. The number of hydrogen-bond donors (Lipinski definition) is 1. The zero-order valence-corrected chi connectivity index (χ0v) is 18.7. The number of fused-ring (bicyclic) bond motifs is 1. The summed E-state index contributed by atoms with van der Waals surface area (Å²) in [6, 6.07) is 4.07. The molecule has 0 bridgehead atoms. The molecule has 2 heterocycles. The molecular formula is C20H28BrClN2O3. The number of rotatable bonds is 2. The number of halogens is 2. The smallest absolute Gasteiger partial charge is 0.410 e. The number of aliphatic hydroxyl groups excluding tert-OH is 1. The molecule has 0 radical (unpaired) electrons. The first kappa shape index (κ1) is 20.7. The zero-order valence-electron chi connectivity index (χ0n) is 16.4. The predicted octanol–water partition coefficient (Wildman–Crippen LogP) is 4.62. The van der Waals surface area contributed by atoms with Crippen LogP contribution in [-0.4, -0.2) is 53.0 Å². The van der Waals surface area contributed by atoms with E-state index in [0.29, 0.717) is 13.0 Å². The van der Waals surface area contributed by atoms with Crippen LogP contribution in [0.5, 0.6) is 0 Å². The molecule has 0 unspecified atom stereocenters. The van der Waals surface area contributed by atoms with Crippen LogP contribution in [0.2, 0.25) is 5.02 Å². The normalized spacial score (nSPS) is 25.5. The molecule has 1 aromatic rings. The van der Waals surface area contributed by atoms with E-state index in [-0.39, 0.29) is 18.7 Å². The number of anilines is 1. The lowest BCUT2D eigenvalue weighted by molar-refractivity contribution is -0.0000871. The summed E-state index contributed by atoms with van der Waals surface area (Å²) in [7, 11) is 0. The molecule has 1 aromatic carbocycles. The fraction of sp³-hybridized carbons (Fsp3) is 0.650. The number of benzene rings is 1. The fourth-order valence-electron chi connectivity index (χ4n) is 4.13. The second kappa shape index (κ2) is 7.45. The van der Waals surface area contributed by atoms with Crippen LogP contribution < -0.4 is 4.90 Å². The first-order valence-corrected chi connectivity index (χ1v) is 10.6. The number of amides is 1. The van der Waals surface area contributed by atoms with E-state index in [9.17, 15) is 9.90 Å². The van der Waals surface area contributed by atoms with Crippen molar-refractivity contribution in [2.45, 2.75) is 64.1 Å². The minimum Gasteiger partial charge on any atom is -0.444 e. The van der Waals surface area contributed by atoms with E-state index in [0.717, 1.165) is 34.6 Å². The highest BCUT2D eigenvalue weighted by molar-refractivity contribution is 9.10. The number of aliphatic hydroxyl groups is 1. The Balaban J connectivity index is 1.89. The molecule has 3 rings (SSSR count). The molecule has 1 N–H and O–H groups in total. The molecule has 0 saturated carbocycles. The summed E-state index contributed by atoms with van der Waals surface area (Å²) in [4.78, 5) is 16.8. The minimum atomic E-state index is -0.635. The number of hydrogen-bond acceptors (Lipinski definition) is 4. The van der Waals surface area contributed by atoms with E-state index < -0.39 is 11.1 Å². The number of likely N-dealkylation sites (tertiary alicyclic amines) is 1. The van der Waals surface area contributed by atoms with Crippen molar-refractivity contribution in [3.05, 3.63) is 27.2 Å². The molecule has 1 fully saturated rings. The van der Waals surface area contributed by atoms with Crippen molar-refractivity contribution in [1.29, 1.82) is 0 Å². The van der Waals surface area contributed by atoms with Crippen LogP contribution in [0.25, 0.3) is 0 Å². The average molecular weight is 460 g/mol. The number of carbonyl (C=O) groups excluding carboxylic acids is 1. The van der Waals surface area contributed by atoms with E-state index >= 15 is 0 Å². The SMILES string of the molecule is CC(C)(C)OC(=O)N1C[C@@H](N2CCCc3cc(Cl)cc(Br)c32)C[C@@]1(C)CO. The molecule has 150 valence electrons. The maximum atomic E-state index is 12.8. The highest BCUT2D eigenvalue weighted by Crippen LogP contribution is 2.42. The quantitative estimate of drug-likeness (QED) is 0.701. The Morgan fingerprint density at radius 2 is 2.15 bits per heavy atom. The largest absolute Gasteiger partial charge is 0.444 e. The first-order chi connectivity index (χ1) is 12.5. The molecule has 7 heteroatoms. The van der Waals surface area contributed by atoms with Crippen LogP contribution in [0.15, 0.2) is 16.6 Å². The van der Waals surface area contributed by atoms with Crippen molar-refractivity contribution < 1.29 is 14.6 Å². The van der Waals surface area contributed by atoms with Gasteiger partial charge in [-0.3, -0.25) is 4.90 Å². The monoisotopic (exact) mass is 458 g/mol. The van der Waals surface area contributed by atoms with Crippen molar-refractivity contribution >= 4 is 39.3 Å². The number of carbonyl (C=O) groups is 1. The van der Waals surface area contributed by atoms with Gasteiger partial charge < -0.3 is 14.7 Å². The van der Waals surface area contributed by atoms with Crippen LogP contribution in [-0.2, 0) is 11.2 Å². The lowest BCUT2D eigenvalue weighted by Crippen LogP contribution is -2.49. The lowest BCUT2D eigenvalue weighted by atomic mass is 9.95.